The number of rotatable bonds is 2. The van der Waals surface area contributed by atoms with Crippen molar-refractivity contribution in [2.24, 2.45) is 5.92 Å². The largest absolute Gasteiger partial charge is 0.396 e. The molecule has 1 aromatic rings. The lowest BCUT2D eigenvalue weighted by Gasteiger charge is -2.27. The average molecular weight is 259 g/mol. The maximum atomic E-state index is 9.02. The van der Waals surface area contributed by atoms with Crippen LogP contribution in [0.15, 0.2) is 16.9 Å². The van der Waals surface area contributed by atoms with Gasteiger partial charge in [0.1, 0.15) is 0 Å². The molecule has 2 rings (SSSR count). The minimum atomic E-state index is 0.343. The standard InChI is InChI=1S/C10H15BrN2O/c11-9-5-12-13(6-9)10-3-1-8(7-14)2-4-10/h5-6,8,10,14H,1-4,7H2. The van der Waals surface area contributed by atoms with Crippen molar-refractivity contribution in [1.29, 1.82) is 0 Å². The first-order valence-electron chi connectivity index (χ1n) is 5.10. The Balaban J connectivity index is 1.95. The minimum Gasteiger partial charge on any atom is -0.396 e. The Morgan fingerprint density at radius 1 is 1.43 bits per heavy atom. The Labute approximate surface area is 92.2 Å². The van der Waals surface area contributed by atoms with E-state index in [0.717, 1.165) is 30.2 Å². The fourth-order valence-electron chi connectivity index (χ4n) is 2.11. The van der Waals surface area contributed by atoms with Gasteiger partial charge < -0.3 is 5.11 Å². The Morgan fingerprint density at radius 2 is 2.14 bits per heavy atom. The van der Waals surface area contributed by atoms with Gasteiger partial charge in [-0.3, -0.25) is 4.68 Å². The molecule has 0 radical (unpaired) electrons. The van der Waals surface area contributed by atoms with E-state index >= 15 is 0 Å². The maximum Gasteiger partial charge on any atom is 0.0632 e. The van der Waals surface area contributed by atoms with Crippen LogP contribution in [0.4, 0.5) is 0 Å². The Morgan fingerprint density at radius 3 is 2.64 bits per heavy atom. The quantitative estimate of drug-likeness (QED) is 0.885. The summed E-state index contributed by atoms with van der Waals surface area (Å²) in [6, 6.07) is 0.532. The van der Waals surface area contributed by atoms with Crippen molar-refractivity contribution >= 4 is 15.9 Å². The third-order valence-corrected chi connectivity index (χ3v) is 3.43. The second-order valence-electron chi connectivity index (χ2n) is 4.00. The molecule has 0 unspecified atom stereocenters. The molecule has 3 nitrogen and oxygen atoms in total. The van der Waals surface area contributed by atoms with Crippen molar-refractivity contribution in [1.82, 2.24) is 9.78 Å². The molecular formula is C10H15BrN2O. The molecule has 0 aromatic carbocycles. The Hall–Kier alpha value is -0.350. The molecule has 1 aliphatic rings. The van der Waals surface area contributed by atoms with E-state index in [2.05, 4.69) is 21.0 Å². The second-order valence-corrected chi connectivity index (χ2v) is 4.91. The molecule has 1 heterocycles. The van der Waals surface area contributed by atoms with E-state index in [1.165, 1.54) is 0 Å². The first-order chi connectivity index (χ1) is 6.79. The molecule has 4 heteroatoms. The Kier molecular flexibility index (Phi) is 3.23. The van der Waals surface area contributed by atoms with Crippen LogP contribution in [0, 0.1) is 5.92 Å². The molecule has 0 atom stereocenters. The van der Waals surface area contributed by atoms with Crippen molar-refractivity contribution < 1.29 is 5.11 Å². The van der Waals surface area contributed by atoms with Crippen LogP contribution in [0.25, 0.3) is 0 Å². The lowest BCUT2D eigenvalue weighted by Crippen LogP contribution is -2.20. The lowest BCUT2D eigenvalue weighted by atomic mass is 9.87. The van der Waals surface area contributed by atoms with Gasteiger partial charge in [0, 0.05) is 12.8 Å². The molecule has 0 bridgehead atoms. The van der Waals surface area contributed by atoms with E-state index in [0.29, 0.717) is 18.6 Å². The molecule has 0 amide bonds. The fourth-order valence-corrected chi connectivity index (χ4v) is 2.41. The number of hydrogen-bond donors (Lipinski definition) is 1. The molecular weight excluding hydrogens is 244 g/mol. The highest BCUT2D eigenvalue weighted by Gasteiger charge is 2.21. The van der Waals surface area contributed by atoms with Crippen LogP contribution in [0.3, 0.4) is 0 Å². The highest BCUT2D eigenvalue weighted by molar-refractivity contribution is 9.10. The lowest BCUT2D eigenvalue weighted by molar-refractivity contribution is 0.165. The predicted molar refractivity (Wildman–Crippen MR) is 58.0 cm³/mol. The summed E-state index contributed by atoms with van der Waals surface area (Å²) in [7, 11) is 0. The van der Waals surface area contributed by atoms with Crippen LogP contribution < -0.4 is 0 Å². The van der Waals surface area contributed by atoms with Gasteiger partial charge in [0.05, 0.1) is 16.7 Å². The molecule has 1 N–H and O–H groups in total. The van der Waals surface area contributed by atoms with Gasteiger partial charge in [0.15, 0.2) is 0 Å². The molecule has 1 aliphatic carbocycles. The Bertz CT molecular complexity index is 292. The van der Waals surface area contributed by atoms with Crippen molar-refractivity contribution in [3.63, 3.8) is 0 Å². The summed E-state index contributed by atoms with van der Waals surface area (Å²) in [6.45, 7) is 0.343. The highest BCUT2D eigenvalue weighted by Crippen LogP contribution is 2.31. The number of nitrogens with zero attached hydrogens (tertiary/aromatic N) is 2. The molecule has 78 valence electrons. The summed E-state index contributed by atoms with van der Waals surface area (Å²) < 4.78 is 3.08. The van der Waals surface area contributed by atoms with Gasteiger partial charge in [-0.25, -0.2) is 0 Å². The summed E-state index contributed by atoms with van der Waals surface area (Å²) in [5.41, 5.74) is 0. The predicted octanol–water partition coefficient (Wildman–Crippen LogP) is 2.37. The summed E-state index contributed by atoms with van der Waals surface area (Å²) in [5.74, 6) is 0.519. The molecule has 1 saturated carbocycles. The van der Waals surface area contributed by atoms with E-state index in [1.54, 1.807) is 0 Å². The van der Waals surface area contributed by atoms with E-state index in [9.17, 15) is 0 Å². The third kappa shape index (κ3) is 2.17. The SMILES string of the molecule is OCC1CCC(n2cc(Br)cn2)CC1. The number of hydrogen-bond acceptors (Lipinski definition) is 2. The van der Waals surface area contributed by atoms with Gasteiger partial charge in [-0.2, -0.15) is 5.10 Å². The van der Waals surface area contributed by atoms with Gasteiger partial charge in [0.25, 0.3) is 0 Å². The number of aliphatic hydroxyl groups is 1. The topological polar surface area (TPSA) is 38.0 Å². The van der Waals surface area contributed by atoms with Gasteiger partial charge in [-0.15, -0.1) is 0 Å². The first kappa shape index (κ1) is 10.2. The molecule has 1 fully saturated rings. The molecule has 0 aliphatic heterocycles. The van der Waals surface area contributed by atoms with Crippen molar-refractivity contribution in [2.75, 3.05) is 6.61 Å². The first-order valence-corrected chi connectivity index (χ1v) is 5.89. The maximum absolute atomic E-state index is 9.02. The van der Waals surface area contributed by atoms with Gasteiger partial charge in [-0.1, -0.05) is 0 Å². The summed E-state index contributed by atoms with van der Waals surface area (Å²) in [6.07, 6.45) is 8.39. The third-order valence-electron chi connectivity index (χ3n) is 3.02. The molecule has 0 spiro atoms. The van der Waals surface area contributed by atoms with Crippen LogP contribution in [0.1, 0.15) is 31.7 Å². The number of aromatic nitrogens is 2. The zero-order chi connectivity index (χ0) is 9.97. The summed E-state index contributed by atoms with van der Waals surface area (Å²) in [4.78, 5) is 0. The van der Waals surface area contributed by atoms with Crippen molar-refractivity contribution in [3.05, 3.63) is 16.9 Å². The second kappa shape index (κ2) is 4.45. The molecule has 14 heavy (non-hydrogen) atoms. The minimum absolute atomic E-state index is 0.343. The van der Waals surface area contributed by atoms with Crippen LogP contribution >= 0.6 is 15.9 Å². The normalized spacial score (nSPS) is 27.9. The van der Waals surface area contributed by atoms with Gasteiger partial charge in [-0.05, 0) is 47.5 Å². The fraction of sp³-hybridized carbons (Fsp3) is 0.700. The van der Waals surface area contributed by atoms with E-state index in [-0.39, 0.29) is 0 Å². The van der Waals surface area contributed by atoms with Crippen molar-refractivity contribution in [3.8, 4) is 0 Å². The zero-order valence-electron chi connectivity index (χ0n) is 8.06. The monoisotopic (exact) mass is 258 g/mol. The van der Waals surface area contributed by atoms with E-state index in [1.807, 2.05) is 17.1 Å². The van der Waals surface area contributed by atoms with Crippen LogP contribution in [0.5, 0.6) is 0 Å². The van der Waals surface area contributed by atoms with Crippen LogP contribution in [-0.4, -0.2) is 21.5 Å². The van der Waals surface area contributed by atoms with Crippen LogP contribution in [-0.2, 0) is 0 Å². The smallest absolute Gasteiger partial charge is 0.0632 e. The van der Waals surface area contributed by atoms with Crippen molar-refractivity contribution in [2.45, 2.75) is 31.7 Å². The zero-order valence-corrected chi connectivity index (χ0v) is 9.65. The van der Waals surface area contributed by atoms with E-state index in [4.69, 9.17) is 5.11 Å². The van der Waals surface area contributed by atoms with Gasteiger partial charge >= 0.3 is 0 Å². The van der Waals surface area contributed by atoms with Gasteiger partial charge in [0.2, 0.25) is 0 Å². The summed E-state index contributed by atoms with van der Waals surface area (Å²) in [5, 5.41) is 13.3. The number of aliphatic hydroxyl groups excluding tert-OH is 1. The molecule has 1 aromatic heterocycles. The summed E-state index contributed by atoms with van der Waals surface area (Å²) >= 11 is 3.40. The number of halogens is 1. The highest BCUT2D eigenvalue weighted by atomic mass is 79.9. The van der Waals surface area contributed by atoms with E-state index < -0.39 is 0 Å². The van der Waals surface area contributed by atoms with Crippen LogP contribution in [0.2, 0.25) is 0 Å². The average Bonchev–Trinajstić information content (AvgIpc) is 2.65. The molecule has 0 saturated heterocycles.